The van der Waals surface area contributed by atoms with Gasteiger partial charge in [0.05, 0.1) is 6.61 Å². The number of fused-ring (bicyclic) bond motifs is 1. The minimum atomic E-state index is -0.219. The summed E-state index contributed by atoms with van der Waals surface area (Å²) in [6, 6.07) is 25.0. The fourth-order valence-electron chi connectivity index (χ4n) is 3.12. The third kappa shape index (κ3) is 4.07. The van der Waals surface area contributed by atoms with Crippen LogP contribution in [0.1, 0.15) is 10.4 Å². The van der Waals surface area contributed by atoms with Gasteiger partial charge in [0, 0.05) is 34.1 Å². The fourth-order valence-corrected chi connectivity index (χ4v) is 3.12. The SMILES string of the molecule is O=C(NCCO)c1ccc(-c2nnc(Nc3ccccc3)c3ccccc23)cc1. The van der Waals surface area contributed by atoms with E-state index in [1.165, 1.54) is 0 Å². The monoisotopic (exact) mass is 384 g/mol. The minimum Gasteiger partial charge on any atom is -0.395 e. The molecule has 0 saturated heterocycles. The average molecular weight is 384 g/mol. The second kappa shape index (κ2) is 8.50. The quantitative estimate of drug-likeness (QED) is 0.471. The molecule has 0 bridgehead atoms. The molecule has 4 rings (SSSR count). The van der Waals surface area contributed by atoms with Gasteiger partial charge < -0.3 is 15.7 Å². The summed E-state index contributed by atoms with van der Waals surface area (Å²) in [5, 5.41) is 25.6. The third-order valence-electron chi connectivity index (χ3n) is 4.54. The van der Waals surface area contributed by atoms with Crippen LogP contribution in [0.3, 0.4) is 0 Å². The molecule has 0 unspecified atom stereocenters. The number of rotatable bonds is 6. The van der Waals surface area contributed by atoms with E-state index in [1.807, 2.05) is 66.7 Å². The molecular weight excluding hydrogens is 364 g/mol. The molecule has 0 atom stereocenters. The van der Waals surface area contributed by atoms with E-state index in [0.29, 0.717) is 11.4 Å². The maximum atomic E-state index is 12.0. The highest BCUT2D eigenvalue weighted by molar-refractivity contribution is 6.01. The smallest absolute Gasteiger partial charge is 0.251 e. The molecule has 144 valence electrons. The van der Waals surface area contributed by atoms with Crippen molar-refractivity contribution >= 4 is 28.2 Å². The first-order valence-electron chi connectivity index (χ1n) is 9.33. The van der Waals surface area contributed by atoms with Crippen molar-refractivity contribution in [1.29, 1.82) is 0 Å². The first kappa shape index (κ1) is 18.6. The maximum absolute atomic E-state index is 12.0. The Kier molecular flexibility index (Phi) is 5.45. The largest absolute Gasteiger partial charge is 0.395 e. The number of anilines is 2. The molecule has 6 heteroatoms. The minimum absolute atomic E-state index is 0.0885. The molecule has 1 amide bonds. The van der Waals surface area contributed by atoms with Gasteiger partial charge >= 0.3 is 0 Å². The topological polar surface area (TPSA) is 87.1 Å². The van der Waals surface area contributed by atoms with Crippen LogP contribution in [0.15, 0.2) is 78.9 Å². The third-order valence-corrected chi connectivity index (χ3v) is 4.54. The van der Waals surface area contributed by atoms with Crippen LogP contribution in [0, 0.1) is 0 Å². The summed E-state index contributed by atoms with van der Waals surface area (Å²) >= 11 is 0. The van der Waals surface area contributed by atoms with E-state index in [9.17, 15) is 4.79 Å². The van der Waals surface area contributed by atoms with Crippen LogP contribution in [0.25, 0.3) is 22.0 Å². The first-order valence-corrected chi connectivity index (χ1v) is 9.33. The van der Waals surface area contributed by atoms with Gasteiger partial charge in [0.2, 0.25) is 0 Å². The number of aromatic nitrogens is 2. The van der Waals surface area contributed by atoms with Crippen LogP contribution in [-0.4, -0.2) is 34.4 Å². The van der Waals surface area contributed by atoms with Crippen molar-refractivity contribution in [2.45, 2.75) is 0 Å². The highest BCUT2D eigenvalue weighted by Crippen LogP contribution is 2.31. The zero-order chi connectivity index (χ0) is 20.1. The zero-order valence-electron chi connectivity index (χ0n) is 15.7. The van der Waals surface area contributed by atoms with Crippen molar-refractivity contribution < 1.29 is 9.90 Å². The van der Waals surface area contributed by atoms with Gasteiger partial charge in [-0.3, -0.25) is 4.79 Å². The Morgan fingerprint density at radius 1 is 0.828 bits per heavy atom. The van der Waals surface area contributed by atoms with Crippen LogP contribution in [-0.2, 0) is 0 Å². The molecule has 29 heavy (non-hydrogen) atoms. The van der Waals surface area contributed by atoms with Gasteiger partial charge in [0.25, 0.3) is 5.91 Å². The number of nitrogens with one attached hydrogen (secondary N) is 2. The van der Waals surface area contributed by atoms with Gasteiger partial charge in [-0.2, -0.15) is 0 Å². The Balaban J connectivity index is 1.68. The summed E-state index contributed by atoms with van der Waals surface area (Å²) in [5.41, 5.74) is 3.10. The van der Waals surface area contributed by atoms with Crippen molar-refractivity contribution in [2.75, 3.05) is 18.5 Å². The van der Waals surface area contributed by atoms with E-state index >= 15 is 0 Å². The molecule has 6 nitrogen and oxygen atoms in total. The lowest BCUT2D eigenvalue weighted by atomic mass is 10.0. The van der Waals surface area contributed by atoms with Crippen LogP contribution < -0.4 is 10.6 Å². The zero-order valence-corrected chi connectivity index (χ0v) is 15.7. The summed E-state index contributed by atoms with van der Waals surface area (Å²) in [6.45, 7) is 0.140. The Bertz CT molecular complexity index is 1130. The second-order valence-corrected chi connectivity index (χ2v) is 6.49. The summed E-state index contributed by atoms with van der Waals surface area (Å²) in [7, 11) is 0. The molecule has 0 spiro atoms. The lowest BCUT2D eigenvalue weighted by Gasteiger charge is -2.11. The Hall–Kier alpha value is -3.77. The van der Waals surface area contributed by atoms with Gasteiger partial charge in [-0.1, -0.05) is 54.6 Å². The van der Waals surface area contributed by atoms with E-state index in [2.05, 4.69) is 20.8 Å². The van der Waals surface area contributed by atoms with Crippen molar-refractivity contribution in [3.63, 3.8) is 0 Å². The van der Waals surface area contributed by atoms with E-state index in [0.717, 1.165) is 27.7 Å². The summed E-state index contributed by atoms with van der Waals surface area (Å²) in [6.07, 6.45) is 0. The van der Waals surface area contributed by atoms with E-state index < -0.39 is 0 Å². The first-order chi connectivity index (χ1) is 14.3. The van der Waals surface area contributed by atoms with Crippen LogP contribution in [0.4, 0.5) is 11.5 Å². The lowest BCUT2D eigenvalue weighted by molar-refractivity contribution is 0.0945. The molecule has 3 N–H and O–H groups in total. The highest BCUT2D eigenvalue weighted by Gasteiger charge is 2.12. The van der Waals surface area contributed by atoms with Gasteiger partial charge in [0.15, 0.2) is 5.82 Å². The van der Waals surface area contributed by atoms with Crippen LogP contribution in [0.2, 0.25) is 0 Å². The average Bonchev–Trinajstić information content (AvgIpc) is 2.78. The van der Waals surface area contributed by atoms with Gasteiger partial charge in [0.1, 0.15) is 5.69 Å². The lowest BCUT2D eigenvalue weighted by Crippen LogP contribution is -2.26. The number of amides is 1. The van der Waals surface area contributed by atoms with Crippen LogP contribution >= 0.6 is 0 Å². The molecule has 3 aromatic carbocycles. The molecule has 0 aliphatic heterocycles. The number of hydrogen-bond donors (Lipinski definition) is 3. The summed E-state index contributed by atoms with van der Waals surface area (Å²) < 4.78 is 0. The van der Waals surface area contributed by atoms with Crippen molar-refractivity contribution in [1.82, 2.24) is 15.5 Å². The molecule has 0 saturated carbocycles. The predicted molar refractivity (Wildman–Crippen MR) is 114 cm³/mol. The number of nitrogens with zero attached hydrogens (tertiary/aromatic N) is 2. The van der Waals surface area contributed by atoms with Crippen molar-refractivity contribution in [2.24, 2.45) is 0 Å². The van der Waals surface area contributed by atoms with Gasteiger partial charge in [-0.05, 0) is 24.3 Å². The Labute approximate surface area is 168 Å². The van der Waals surface area contributed by atoms with E-state index in [-0.39, 0.29) is 19.1 Å². The number of benzene rings is 3. The normalized spacial score (nSPS) is 10.7. The van der Waals surface area contributed by atoms with Crippen molar-refractivity contribution in [3.8, 4) is 11.3 Å². The second-order valence-electron chi connectivity index (χ2n) is 6.49. The number of aliphatic hydroxyl groups is 1. The Morgan fingerprint density at radius 3 is 2.24 bits per heavy atom. The van der Waals surface area contributed by atoms with Gasteiger partial charge in [-0.15, -0.1) is 10.2 Å². The standard InChI is InChI=1S/C23H20N4O2/c28-15-14-24-23(29)17-12-10-16(11-13-17)21-19-8-4-5-9-20(19)22(27-26-21)25-18-6-2-1-3-7-18/h1-13,28H,14-15H2,(H,24,29)(H,25,27). The summed E-state index contributed by atoms with van der Waals surface area (Å²) in [4.78, 5) is 12.0. The molecule has 4 aromatic rings. The fraction of sp³-hybridized carbons (Fsp3) is 0.0870. The molecule has 1 heterocycles. The van der Waals surface area contributed by atoms with E-state index in [1.54, 1.807) is 12.1 Å². The predicted octanol–water partition coefficient (Wildman–Crippen LogP) is 3.76. The van der Waals surface area contributed by atoms with Crippen molar-refractivity contribution in [3.05, 3.63) is 84.4 Å². The number of hydrogen-bond acceptors (Lipinski definition) is 5. The van der Waals surface area contributed by atoms with Gasteiger partial charge in [-0.25, -0.2) is 0 Å². The molecular formula is C23H20N4O2. The summed E-state index contributed by atoms with van der Waals surface area (Å²) in [5.74, 6) is 0.472. The van der Waals surface area contributed by atoms with E-state index in [4.69, 9.17) is 5.11 Å². The molecule has 0 fully saturated rings. The number of para-hydroxylation sites is 1. The molecule has 0 radical (unpaired) electrons. The number of aliphatic hydroxyl groups excluding tert-OH is 1. The Morgan fingerprint density at radius 2 is 1.52 bits per heavy atom. The maximum Gasteiger partial charge on any atom is 0.251 e. The molecule has 1 aromatic heterocycles. The number of carbonyl (C=O) groups is 1. The molecule has 0 aliphatic carbocycles. The number of carbonyl (C=O) groups excluding carboxylic acids is 1. The highest BCUT2D eigenvalue weighted by atomic mass is 16.3. The molecule has 0 aliphatic rings. The van der Waals surface area contributed by atoms with Crippen LogP contribution in [0.5, 0.6) is 0 Å².